The van der Waals surface area contributed by atoms with Gasteiger partial charge in [0, 0.05) is 24.2 Å². The van der Waals surface area contributed by atoms with E-state index in [1.165, 1.54) is 0 Å². The van der Waals surface area contributed by atoms with E-state index in [4.69, 9.17) is 14.2 Å². The van der Waals surface area contributed by atoms with E-state index in [2.05, 4.69) is 13.8 Å². The zero-order chi connectivity index (χ0) is 25.0. The fourth-order valence-electron chi connectivity index (χ4n) is 10.6. The van der Waals surface area contributed by atoms with Crippen LogP contribution in [-0.4, -0.2) is 67.6 Å². The Hall–Kier alpha value is -0.570. The minimum Gasteiger partial charge on any atom is -0.389 e. The molecule has 13 atom stereocenters. The van der Waals surface area contributed by atoms with Gasteiger partial charge in [-0.15, -0.1) is 0 Å². The molecule has 4 saturated carbocycles. The second-order valence-corrected chi connectivity index (χ2v) is 14.1. The zero-order valence-corrected chi connectivity index (χ0v) is 21.8. The Labute approximate surface area is 207 Å². The lowest BCUT2D eigenvalue weighted by molar-refractivity contribution is -0.259. The Morgan fingerprint density at radius 3 is 2.49 bits per heavy atom. The summed E-state index contributed by atoms with van der Waals surface area (Å²) in [6, 6.07) is 0. The Morgan fingerprint density at radius 2 is 1.77 bits per heavy atom. The highest BCUT2D eigenvalue weighted by molar-refractivity contribution is 5.88. The predicted molar refractivity (Wildman–Crippen MR) is 125 cm³/mol. The minimum absolute atomic E-state index is 0.0389. The third-order valence-electron chi connectivity index (χ3n) is 13.4. The lowest BCUT2D eigenvalue weighted by Crippen LogP contribution is -2.69. The van der Waals surface area contributed by atoms with Gasteiger partial charge in [-0.3, -0.25) is 4.79 Å². The minimum atomic E-state index is -1.15. The summed E-state index contributed by atoms with van der Waals surface area (Å²) < 4.78 is 18.3. The SMILES string of the molecule is CC(C1CC2(C)OC2(C)C(O)O1)C1(O)CCC2(O)C3CC4OC45CCCC(=O)C5(C)C3CCC12C. The number of epoxide rings is 2. The molecule has 1 spiro atoms. The molecule has 4 aliphatic carbocycles. The summed E-state index contributed by atoms with van der Waals surface area (Å²) in [5, 5.41) is 35.6. The van der Waals surface area contributed by atoms with Crippen molar-refractivity contribution < 1.29 is 34.3 Å². The fraction of sp³-hybridized carbons (Fsp3) is 0.964. The van der Waals surface area contributed by atoms with Crippen LogP contribution in [0.5, 0.6) is 0 Å². The van der Waals surface area contributed by atoms with Crippen molar-refractivity contribution in [2.45, 2.75) is 139 Å². The molecule has 3 heterocycles. The number of hydrogen-bond acceptors (Lipinski definition) is 7. The number of carbonyl (C=O) groups excluding carboxylic acids is 1. The first-order valence-corrected chi connectivity index (χ1v) is 13.9. The van der Waals surface area contributed by atoms with Gasteiger partial charge in [0.1, 0.15) is 22.6 Å². The Balaban J connectivity index is 1.22. The lowest BCUT2D eigenvalue weighted by Gasteiger charge is -2.63. The quantitative estimate of drug-likeness (QED) is 0.510. The van der Waals surface area contributed by atoms with Crippen molar-refractivity contribution in [1.82, 2.24) is 0 Å². The van der Waals surface area contributed by atoms with E-state index in [-0.39, 0.29) is 35.6 Å². The molecule has 0 bridgehead atoms. The Kier molecular flexibility index (Phi) is 4.27. The van der Waals surface area contributed by atoms with Crippen LogP contribution in [0, 0.1) is 28.6 Å². The maximum absolute atomic E-state index is 13.4. The summed E-state index contributed by atoms with van der Waals surface area (Å²) >= 11 is 0. The molecule has 0 radical (unpaired) electrons. The molecular weight excluding hydrogens is 448 g/mol. The normalized spacial score (nSPS) is 65.4. The fourth-order valence-corrected chi connectivity index (χ4v) is 10.6. The summed E-state index contributed by atoms with van der Waals surface area (Å²) in [5.41, 5.74) is -4.96. The van der Waals surface area contributed by atoms with Crippen molar-refractivity contribution in [2.24, 2.45) is 28.6 Å². The number of ether oxygens (including phenoxy) is 3. The number of aliphatic hydroxyl groups excluding tert-OH is 1. The van der Waals surface area contributed by atoms with Crippen LogP contribution in [0.25, 0.3) is 0 Å². The van der Waals surface area contributed by atoms with Gasteiger partial charge in [0.2, 0.25) is 0 Å². The molecule has 7 nitrogen and oxygen atoms in total. The monoisotopic (exact) mass is 490 g/mol. The Morgan fingerprint density at radius 1 is 1.03 bits per heavy atom. The zero-order valence-electron chi connectivity index (χ0n) is 21.8. The molecule has 196 valence electrons. The van der Waals surface area contributed by atoms with Crippen LogP contribution >= 0.6 is 0 Å². The summed E-state index contributed by atoms with van der Waals surface area (Å²) in [5.74, 6) is 0.0303. The highest BCUT2D eigenvalue weighted by Gasteiger charge is 2.82. The second-order valence-electron chi connectivity index (χ2n) is 14.1. The van der Waals surface area contributed by atoms with Gasteiger partial charge in [0.15, 0.2) is 6.29 Å². The van der Waals surface area contributed by atoms with Crippen molar-refractivity contribution >= 4 is 5.78 Å². The van der Waals surface area contributed by atoms with Gasteiger partial charge in [-0.05, 0) is 77.6 Å². The van der Waals surface area contributed by atoms with Gasteiger partial charge >= 0.3 is 0 Å². The van der Waals surface area contributed by atoms with E-state index < -0.39 is 39.5 Å². The molecule has 3 aliphatic heterocycles. The van der Waals surface area contributed by atoms with E-state index in [1.54, 1.807) is 0 Å². The number of hydrogen-bond donors (Lipinski definition) is 3. The molecule has 0 amide bonds. The van der Waals surface area contributed by atoms with E-state index >= 15 is 0 Å². The molecule has 13 unspecified atom stereocenters. The predicted octanol–water partition coefficient (Wildman–Crippen LogP) is 2.87. The van der Waals surface area contributed by atoms with E-state index in [0.29, 0.717) is 37.9 Å². The van der Waals surface area contributed by atoms with Gasteiger partial charge in [0.05, 0.1) is 28.8 Å². The average molecular weight is 491 g/mol. The van der Waals surface area contributed by atoms with Gasteiger partial charge in [0.25, 0.3) is 0 Å². The standard InChI is InChI=1S/C28H42O7/c1-15(18-14-23(3)25(5,35-23)21(30)33-18)26(31)11-12-27(32)17-13-20-28(34-20)9-6-7-19(29)24(28,4)16(17)8-10-22(26,27)2/h15-18,20-21,30-32H,6-14H2,1-5H3. The van der Waals surface area contributed by atoms with E-state index in [0.717, 1.165) is 25.7 Å². The average Bonchev–Trinajstić information content (AvgIpc) is 3.64. The molecule has 0 aromatic heterocycles. The molecule has 3 saturated heterocycles. The van der Waals surface area contributed by atoms with Crippen LogP contribution in [0.2, 0.25) is 0 Å². The largest absolute Gasteiger partial charge is 0.389 e. The van der Waals surface area contributed by atoms with Crippen LogP contribution in [0.3, 0.4) is 0 Å². The molecule has 7 rings (SSSR count). The molecule has 7 aliphatic rings. The molecular formula is C28H42O7. The summed E-state index contributed by atoms with van der Waals surface area (Å²) in [6.07, 6.45) is 4.94. The summed E-state index contributed by atoms with van der Waals surface area (Å²) in [7, 11) is 0. The maximum atomic E-state index is 13.4. The number of ketones is 1. The van der Waals surface area contributed by atoms with Crippen LogP contribution in [0.1, 0.15) is 92.4 Å². The molecule has 7 heteroatoms. The number of fused-ring (bicyclic) bond motifs is 5. The third kappa shape index (κ3) is 2.32. The second kappa shape index (κ2) is 6.35. The smallest absolute Gasteiger partial charge is 0.186 e. The van der Waals surface area contributed by atoms with Gasteiger partial charge in [-0.1, -0.05) is 13.8 Å². The molecule has 7 fully saturated rings. The molecule has 35 heavy (non-hydrogen) atoms. The highest BCUT2D eigenvalue weighted by atomic mass is 16.7. The first-order chi connectivity index (χ1) is 16.2. The van der Waals surface area contributed by atoms with Gasteiger partial charge in [-0.2, -0.15) is 0 Å². The van der Waals surface area contributed by atoms with E-state index in [9.17, 15) is 20.1 Å². The summed E-state index contributed by atoms with van der Waals surface area (Å²) in [4.78, 5) is 13.4. The van der Waals surface area contributed by atoms with Crippen LogP contribution in [-0.2, 0) is 19.0 Å². The van der Waals surface area contributed by atoms with Crippen molar-refractivity contribution in [3.8, 4) is 0 Å². The van der Waals surface area contributed by atoms with Crippen molar-refractivity contribution in [1.29, 1.82) is 0 Å². The lowest BCUT2D eigenvalue weighted by atomic mass is 9.42. The number of carbonyl (C=O) groups is 1. The summed E-state index contributed by atoms with van der Waals surface area (Å²) in [6.45, 7) is 10.1. The van der Waals surface area contributed by atoms with Gasteiger partial charge in [-0.25, -0.2) is 0 Å². The van der Waals surface area contributed by atoms with E-state index in [1.807, 2.05) is 20.8 Å². The maximum Gasteiger partial charge on any atom is 0.186 e. The first kappa shape index (κ1) is 23.5. The number of aliphatic hydroxyl groups is 3. The number of rotatable bonds is 2. The van der Waals surface area contributed by atoms with Crippen LogP contribution in [0.4, 0.5) is 0 Å². The highest BCUT2D eigenvalue weighted by Crippen LogP contribution is 2.75. The number of Topliss-reactive ketones (excluding diaryl/α,β-unsaturated/α-hetero) is 1. The van der Waals surface area contributed by atoms with Crippen molar-refractivity contribution in [3.05, 3.63) is 0 Å². The van der Waals surface area contributed by atoms with Crippen LogP contribution in [0.15, 0.2) is 0 Å². The van der Waals surface area contributed by atoms with Crippen molar-refractivity contribution in [3.63, 3.8) is 0 Å². The molecule has 0 aromatic rings. The van der Waals surface area contributed by atoms with Crippen LogP contribution < -0.4 is 0 Å². The third-order valence-corrected chi connectivity index (χ3v) is 13.4. The topological polar surface area (TPSA) is 112 Å². The molecule has 3 N–H and O–H groups in total. The Bertz CT molecular complexity index is 1000. The first-order valence-electron chi connectivity index (χ1n) is 13.9. The van der Waals surface area contributed by atoms with Gasteiger partial charge < -0.3 is 29.5 Å². The molecule has 0 aromatic carbocycles. The van der Waals surface area contributed by atoms with Crippen molar-refractivity contribution in [2.75, 3.05) is 0 Å².